The molecule has 1 aromatic rings. The maximum atomic E-state index is 12.2. The molecule has 2 N–H and O–H groups in total. The first-order chi connectivity index (χ1) is 10.5. The van der Waals surface area contributed by atoms with Crippen molar-refractivity contribution >= 4 is 20.2 Å². The summed E-state index contributed by atoms with van der Waals surface area (Å²) in [4.78, 5) is 22.5. The minimum Gasteiger partial charge on any atom is -0.543 e. The average molecular weight is 337 g/mol. The van der Waals surface area contributed by atoms with E-state index in [1.54, 1.807) is 12.1 Å². The number of amides is 1. The van der Waals surface area contributed by atoms with Gasteiger partial charge in [-0.15, -0.1) is 0 Å². The molecule has 0 fully saturated rings. The van der Waals surface area contributed by atoms with E-state index in [2.05, 4.69) is 39.2 Å². The van der Waals surface area contributed by atoms with Gasteiger partial charge in [-0.2, -0.15) is 0 Å². The number of ketones is 1. The van der Waals surface area contributed by atoms with Crippen molar-refractivity contribution in [3.8, 4) is 5.75 Å². The van der Waals surface area contributed by atoms with Crippen LogP contribution < -0.4 is 9.74 Å². The van der Waals surface area contributed by atoms with Crippen molar-refractivity contribution in [2.24, 2.45) is 0 Å². The minimum atomic E-state index is -1.93. The Morgan fingerprint density at radius 2 is 1.91 bits per heavy atom. The summed E-state index contributed by atoms with van der Waals surface area (Å²) in [6, 6.07) is 7.26. The smallest absolute Gasteiger partial charge is 0.404 e. The second-order valence-electron chi connectivity index (χ2n) is 7.15. The molecule has 128 valence electrons. The zero-order valence-corrected chi connectivity index (χ0v) is 15.6. The Morgan fingerprint density at radius 3 is 2.48 bits per heavy atom. The van der Waals surface area contributed by atoms with Gasteiger partial charge in [-0.05, 0) is 36.7 Å². The second-order valence-corrected chi connectivity index (χ2v) is 11.9. The number of carbonyl (C=O) groups excluding carboxylic acids is 1. The van der Waals surface area contributed by atoms with Crippen molar-refractivity contribution in [1.29, 1.82) is 0 Å². The van der Waals surface area contributed by atoms with E-state index in [9.17, 15) is 9.59 Å². The van der Waals surface area contributed by atoms with E-state index in [0.29, 0.717) is 18.4 Å². The monoisotopic (exact) mass is 337 g/mol. The third kappa shape index (κ3) is 6.06. The number of benzene rings is 1. The van der Waals surface area contributed by atoms with Gasteiger partial charge in [0.1, 0.15) is 5.75 Å². The molecule has 0 saturated heterocycles. The highest BCUT2D eigenvalue weighted by Gasteiger charge is 2.38. The lowest BCUT2D eigenvalue weighted by Gasteiger charge is -2.36. The number of hydrogen-bond acceptors (Lipinski definition) is 3. The summed E-state index contributed by atoms with van der Waals surface area (Å²) in [7, 11) is -1.93. The predicted octanol–water partition coefficient (Wildman–Crippen LogP) is 4.30. The van der Waals surface area contributed by atoms with Crippen molar-refractivity contribution in [2.45, 2.75) is 51.7 Å². The van der Waals surface area contributed by atoms with Crippen molar-refractivity contribution in [1.82, 2.24) is 5.32 Å². The highest BCUT2D eigenvalue weighted by molar-refractivity contribution is 6.74. The highest BCUT2D eigenvalue weighted by atomic mass is 28.4. The molecular weight excluding hydrogens is 310 g/mol. The molecule has 1 aromatic carbocycles. The number of carbonyl (C=O) groups is 2. The van der Waals surface area contributed by atoms with Crippen molar-refractivity contribution < 1.29 is 19.1 Å². The van der Waals surface area contributed by atoms with Crippen LogP contribution in [0.25, 0.3) is 0 Å². The summed E-state index contributed by atoms with van der Waals surface area (Å²) in [5.41, 5.74) is 0.608. The van der Waals surface area contributed by atoms with Crippen LogP contribution in [0.5, 0.6) is 5.75 Å². The van der Waals surface area contributed by atoms with Gasteiger partial charge in [0.05, 0.1) is 0 Å². The Labute approximate surface area is 139 Å². The van der Waals surface area contributed by atoms with Crippen LogP contribution in [0, 0.1) is 0 Å². The van der Waals surface area contributed by atoms with E-state index < -0.39 is 14.4 Å². The molecule has 1 amide bonds. The van der Waals surface area contributed by atoms with Crippen LogP contribution in [0.1, 0.15) is 44.0 Å². The molecule has 23 heavy (non-hydrogen) atoms. The quantitative estimate of drug-likeness (QED) is 0.442. The zero-order chi connectivity index (χ0) is 17.7. The van der Waals surface area contributed by atoms with Gasteiger partial charge in [0.25, 0.3) is 0 Å². The maximum absolute atomic E-state index is 12.2. The van der Waals surface area contributed by atoms with E-state index in [0.717, 1.165) is 5.75 Å². The van der Waals surface area contributed by atoms with Crippen LogP contribution >= 0.6 is 0 Å². The summed E-state index contributed by atoms with van der Waals surface area (Å²) in [6.45, 7) is 11.1. The Morgan fingerprint density at radius 1 is 1.26 bits per heavy atom. The largest absolute Gasteiger partial charge is 0.543 e. The number of carboxylic acid groups (broad SMARTS) is 1. The Kier molecular flexibility index (Phi) is 6.38. The second kappa shape index (κ2) is 7.63. The number of rotatable bonds is 7. The Bertz CT molecular complexity index is 564. The van der Waals surface area contributed by atoms with Gasteiger partial charge in [0.15, 0.2) is 5.78 Å². The fourth-order valence-corrected chi connectivity index (χ4v) is 2.79. The molecule has 0 aliphatic rings. The van der Waals surface area contributed by atoms with Crippen LogP contribution in [0.2, 0.25) is 18.1 Å². The molecule has 0 spiro atoms. The lowest BCUT2D eigenvalue weighted by atomic mass is 10.1. The van der Waals surface area contributed by atoms with Gasteiger partial charge in [-0.3, -0.25) is 4.79 Å². The highest BCUT2D eigenvalue weighted by Crippen LogP contribution is 2.37. The molecule has 5 nitrogen and oxygen atoms in total. The molecule has 1 rings (SSSR count). The topological polar surface area (TPSA) is 75.6 Å². The molecule has 0 bridgehead atoms. The van der Waals surface area contributed by atoms with Gasteiger partial charge in [-0.1, -0.05) is 32.9 Å². The van der Waals surface area contributed by atoms with E-state index in [4.69, 9.17) is 9.53 Å². The summed E-state index contributed by atoms with van der Waals surface area (Å²) in [6.07, 6.45) is -0.273. The lowest BCUT2D eigenvalue weighted by Crippen LogP contribution is -2.43. The first-order valence-corrected chi connectivity index (χ1v) is 10.7. The molecule has 0 saturated carbocycles. The Hall–Kier alpha value is -1.82. The standard InChI is InChI=1S/C17H27NO4Si/c1-17(2,3)23(4,5)22-14-9-6-8-13(12-14)15(19)10-7-11-18-16(20)21/h6,8-9,12,18H,7,10-11H2,1-5H3,(H,20,21). The van der Waals surface area contributed by atoms with Gasteiger partial charge in [-0.25, -0.2) is 4.79 Å². The predicted molar refractivity (Wildman–Crippen MR) is 93.9 cm³/mol. The molecule has 0 atom stereocenters. The normalized spacial score (nSPS) is 11.9. The molecule has 0 aromatic heterocycles. The minimum absolute atomic E-state index is 0.00197. The summed E-state index contributed by atoms with van der Waals surface area (Å²) < 4.78 is 6.21. The number of nitrogens with one attached hydrogen (secondary N) is 1. The van der Waals surface area contributed by atoms with Crippen molar-refractivity contribution in [3.63, 3.8) is 0 Å². The van der Waals surface area contributed by atoms with Gasteiger partial charge in [0.2, 0.25) is 8.32 Å². The molecule has 0 aliphatic heterocycles. The van der Waals surface area contributed by atoms with E-state index in [1.807, 2.05) is 12.1 Å². The summed E-state index contributed by atoms with van der Waals surface area (Å²) >= 11 is 0. The molecule has 0 heterocycles. The molecule has 0 aliphatic carbocycles. The van der Waals surface area contributed by atoms with Crippen LogP contribution in [0.4, 0.5) is 4.79 Å². The van der Waals surface area contributed by atoms with Crippen LogP contribution in [0.3, 0.4) is 0 Å². The van der Waals surface area contributed by atoms with Crippen LogP contribution in [-0.4, -0.2) is 31.8 Å². The van der Waals surface area contributed by atoms with Gasteiger partial charge >= 0.3 is 6.09 Å². The first kappa shape index (κ1) is 19.2. The maximum Gasteiger partial charge on any atom is 0.404 e. The van der Waals surface area contributed by atoms with E-state index in [-0.39, 0.29) is 17.4 Å². The molecular formula is C17H27NO4Si. The Balaban J connectivity index is 2.69. The molecule has 0 unspecified atom stereocenters. The van der Waals surface area contributed by atoms with Crippen molar-refractivity contribution in [3.05, 3.63) is 29.8 Å². The molecule has 0 radical (unpaired) electrons. The summed E-state index contributed by atoms with van der Waals surface area (Å²) in [5.74, 6) is 0.726. The summed E-state index contributed by atoms with van der Waals surface area (Å²) in [5, 5.41) is 10.8. The van der Waals surface area contributed by atoms with Crippen LogP contribution in [-0.2, 0) is 0 Å². The fraction of sp³-hybridized carbons (Fsp3) is 0.529. The fourth-order valence-electron chi connectivity index (χ4n) is 1.77. The average Bonchev–Trinajstić information content (AvgIpc) is 2.41. The van der Waals surface area contributed by atoms with Gasteiger partial charge < -0.3 is 14.8 Å². The third-order valence-electron chi connectivity index (χ3n) is 4.19. The number of hydrogen-bond donors (Lipinski definition) is 2. The number of Topliss-reactive ketones (excluding diaryl/α,β-unsaturated/α-hetero) is 1. The van der Waals surface area contributed by atoms with E-state index >= 15 is 0 Å². The SMILES string of the molecule is CC(C)(C)[Si](C)(C)Oc1cccc(C(=O)CCCNC(=O)O)c1. The zero-order valence-electron chi connectivity index (χ0n) is 14.6. The lowest BCUT2D eigenvalue weighted by molar-refractivity contribution is 0.0979. The first-order valence-electron chi connectivity index (χ1n) is 7.82. The van der Waals surface area contributed by atoms with Gasteiger partial charge in [0, 0.05) is 18.5 Å². The van der Waals surface area contributed by atoms with Crippen LogP contribution in [0.15, 0.2) is 24.3 Å². The van der Waals surface area contributed by atoms with Crippen molar-refractivity contribution in [2.75, 3.05) is 6.54 Å². The van der Waals surface area contributed by atoms with E-state index in [1.165, 1.54) is 0 Å². The molecule has 6 heteroatoms. The third-order valence-corrected chi connectivity index (χ3v) is 8.55.